The molecule has 1 aromatic carbocycles. The van der Waals surface area contributed by atoms with Crippen molar-refractivity contribution in [2.45, 2.75) is 44.1 Å². The highest BCUT2D eigenvalue weighted by Crippen LogP contribution is 2.34. The number of urea groups is 1. The molecule has 1 saturated heterocycles. The third-order valence-corrected chi connectivity index (χ3v) is 5.81. The van der Waals surface area contributed by atoms with E-state index in [1.54, 1.807) is 0 Å². The fourth-order valence-corrected chi connectivity index (χ4v) is 4.10. The van der Waals surface area contributed by atoms with Crippen LogP contribution in [-0.2, 0) is 5.41 Å². The van der Waals surface area contributed by atoms with Gasteiger partial charge in [-0.3, -0.25) is 0 Å². The molecule has 0 aliphatic carbocycles. The van der Waals surface area contributed by atoms with Gasteiger partial charge in [0.25, 0.3) is 0 Å². The van der Waals surface area contributed by atoms with E-state index < -0.39 is 0 Å². The molecule has 3 rings (SSSR count). The molecule has 0 unspecified atom stereocenters. The molecule has 1 fully saturated rings. The average Bonchev–Trinajstić information content (AvgIpc) is 3.11. The van der Waals surface area contributed by atoms with E-state index in [0.717, 1.165) is 51.9 Å². The lowest BCUT2D eigenvalue weighted by molar-refractivity contribution is 0.168. The Bertz CT molecular complexity index is 590. The molecule has 0 spiro atoms. The minimum absolute atomic E-state index is 0.0524. The first-order valence-electron chi connectivity index (χ1n) is 9.60. The van der Waals surface area contributed by atoms with Crippen LogP contribution in [0.25, 0.3) is 0 Å². The fraction of sp³-hybridized carbons (Fsp3) is 0.571. The van der Waals surface area contributed by atoms with Crippen LogP contribution in [0.2, 0.25) is 0 Å². The number of rotatable bonds is 5. The summed E-state index contributed by atoms with van der Waals surface area (Å²) in [4.78, 5) is 17.1. The Hall–Kier alpha value is -1.81. The van der Waals surface area contributed by atoms with Crippen LogP contribution in [0.15, 0.2) is 42.5 Å². The SMILES string of the molecule is CCC[C@@H]1C=CCN1C(=O)NCC1(c2ccccc2)CCN(C)CC1. The molecule has 1 aromatic rings. The van der Waals surface area contributed by atoms with Crippen LogP contribution in [0, 0.1) is 0 Å². The first kappa shape index (κ1) is 18.0. The van der Waals surface area contributed by atoms with Crippen molar-refractivity contribution in [2.24, 2.45) is 0 Å². The van der Waals surface area contributed by atoms with Crippen LogP contribution >= 0.6 is 0 Å². The summed E-state index contributed by atoms with van der Waals surface area (Å²) in [6.45, 7) is 5.78. The Kier molecular flexibility index (Phi) is 5.79. The molecule has 0 saturated carbocycles. The van der Waals surface area contributed by atoms with Crippen LogP contribution in [0.4, 0.5) is 4.79 Å². The number of piperidine rings is 1. The van der Waals surface area contributed by atoms with E-state index in [0.29, 0.717) is 0 Å². The Morgan fingerprint density at radius 2 is 1.96 bits per heavy atom. The number of hydrogen-bond donors (Lipinski definition) is 1. The zero-order chi connectivity index (χ0) is 17.7. The summed E-state index contributed by atoms with van der Waals surface area (Å²) in [5.41, 5.74) is 1.41. The van der Waals surface area contributed by atoms with Crippen LogP contribution in [0.1, 0.15) is 38.2 Å². The third-order valence-electron chi connectivity index (χ3n) is 5.81. The molecular formula is C21H31N3O. The largest absolute Gasteiger partial charge is 0.337 e. The van der Waals surface area contributed by atoms with Gasteiger partial charge in [-0.15, -0.1) is 0 Å². The van der Waals surface area contributed by atoms with Gasteiger partial charge in [0.1, 0.15) is 0 Å². The Balaban J connectivity index is 1.68. The molecule has 0 radical (unpaired) electrons. The van der Waals surface area contributed by atoms with Gasteiger partial charge in [-0.25, -0.2) is 4.79 Å². The van der Waals surface area contributed by atoms with Crippen molar-refractivity contribution in [2.75, 3.05) is 33.2 Å². The highest BCUT2D eigenvalue weighted by molar-refractivity contribution is 5.75. The van der Waals surface area contributed by atoms with Crippen molar-refractivity contribution in [1.29, 1.82) is 0 Å². The summed E-state index contributed by atoms with van der Waals surface area (Å²) in [7, 11) is 2.18. The molecule has 0 bridgehead atoms. The Morgan fingerprint density at radius 1 is 1.24 bits per heavy atom. The molecule has 4 nitrogen and oxygen atoms in total. The maximum atomic E-state index is 12.8. The van der Waals surface area contributed by atoms with Gasteiger partial charge in [-0.2, -0.15) is 0 Å². The molecule has 136 valence electrons. The summed E-state index contributed by atoms with van der Waals surface area (Å²) in [5.74, 6) is 0. The van der Waals surface area contributed by atoms with Gasteiger partial charge >= 0.3 is 6.03 Å². The van der Waals surface area contributed by atoms with Crippen LogP contribution in [0.5, 0.6) is 0 Å². The lowest BCUT2D eigenvalue weighted by atomic mass is 9.72. The average molecular weight is 341 g/mol. The van der Waals surface area contributed by atoms with Crippen molar-refractivity contribution in [3.8, 4) is 0 Å². The van der Waals surface area contributed by atoms with E-state index in [-0.39, 0.29) is 17.5 Å². The van der Waals surface area contributed by atoms with Gasteiger partial charge in [0.2, 0.25) is 0 Å². The highest BCUT2D eigenvalue weighted by Gasteiger charge is 2.36. The van der Waals surface area contributed by atoms with Crippen molar-refractivity contribution in [3.05, 3.63) is 48.0 Å². The van der Waals surface area contributed by atoms with E-state index in [4.69, 9.17) is 0 Å². The number of amides is 2. The van der Waals surface area contributed by atoms with E-state index in [1.807, 2.05) is 4.90 Å². The van der Waals surface area contributed by atoms with E-state index in [2.05, 4.69) is 66.7 Å². The number of carbonyl (C=O) groups is 1. The summed E-state index contributed by atoms with van der Waals surface area (Å²) in [6.07, 6.45) is 8.60. The van der Waals surface area contributed by atoms with Gasteiger partial charge in [0.15, 0.2) is 0 Å². The lowest BCUT2D eigenvalue weighted by Crippen LogP contribution is -2.51. The summed E-state index contributed by atoms with van der Waals surface area (Å²) in [6, 6.07) is 11.1. The highest BCUT2D eigenvalue weighted by atomic mass is 16.2. The van der Waals surface area contributed by atoms with Crippen molar-refractivity contribution in [1.82, 2.24) is 15.1 Å². The van der Waals surface area contributed by atoms with Gasteiger partial charge in [-0.1, -0.05) is 55.8 Å². The first-order valence-corrected chi connectivity index (χ1v) is 9.60. The second-order valence-corrected chi connectivity index (χ2v) is 7.54. The first-order chi connectivity index (χ1) is 12.1. The molecule has 2 amide bonds. The molecule has 4 heteroatoms. The normalized spacial score (nSPS) is 23.0. The zero-order valence-corrected chi connectivity index (χ0v) is 15.6. The molecule has 0 aromatic heterocycles. The molecule has 2 aliphatic rings. The number of benzene rings is 1. The standard InChI is InChI=1S/C21H31N3O/c1-3-8-19-11-7-14-24(19)20(25)22-17-21(12-15-23(2)16-13-21)18-9-5-4-6-10-18/h4-7,9-11,19H,3,8,12-17H2,1-2H3,(H,22,25)/t19-/m1/s1. The van der Waals surface area contributed by atoms with Crippen molar-refractivity contribution in [3.63, 3.8) is 0 Å². The van der Waals surface area contributed by atoms with E-state index in [1.165, 1.54) is 5.56 Å². The van der Waals surface area contributed by atoms with Gasteiger partial charge < -0.3 is 15.1 Å². The van der Waals surface area contributed by atoms with Gasteiger partial charge in [0, 0.05) is 18.5 Å². The second-order valence-electron chi connectivity index (χ2n) is 7.54. The van der Waals surface area contributed by atoms with Crippen molar-refractivity contribution >= 4 is 6.03 Å². The molecule has 1 atom stereocenters. The number of hydrogen-bond acceptors (Lipinski definition) is 2. The predicted molar refractivity (Wildman–Crippen MR) is 103 cm³/mol. The number of carbonyl (C=O) groups excluding carboxylic acids is 1. The Labute approximate surface area is 151 Å². The fourth-order valence-electron chi connectivity index (χ4n) is 4.10. The minimum atomic E-state index is 0.0524. The lowest BCUT2D eigenvalue weighted by Gasteiger charge is -2.41. The smallest absolute Gasteiger partial charge is 0.318 e. The van der Waals surface area contributed by atoms with Gasteiger partial charge in [-0.05, 0) is 45.0 Å². The molecule has 2 heterocycles. The van der Waals surface area contributed by atoms with E-state index >= 15 is 0 Å². The second kappa shape index (κ2) is 8.05. The van der Waals surface area contributed by atoms with Crippen LogP contribution in [-0.4, -0.2) is 55.1 Å². The van der Waals surface area contributed by atoms with Crippen LogP contribution in [0.3, 0.4) is 0 Å². The summed E-state index contributed by atoms with van der Waals surface area (Å²) in [5, 5.41) is 3.27. The van der Waals surface area contributed by atoms with E-state index in [9.17, 15) is 4.79 Å². The quantitative estimate of drug-likeness (QED) is 0.833. The minimum Gasteiger partial charge on any atom is -0.337 e. The monoisotopic (exact) mass is 341 g/mol. The molecule has 25 heavy (non-hydrogen) atoms. The maximum absolute atomic E-state index is 12.8. The van der Waals surface area contributed by atoms with Crippen LogP contribution < -0.4 is 5.32 Å². The Morgan fingerprint density at radius 3 is 2.64 bits per heavy atom. The molecule has 2 aliphatic heterocycles. The molecular weight excluding hydrogens is 310 g/mol. The summed E-state index contributed by atoms with van der Waals surface area (Å²) >= 11 is 0. The molecule has 1 N–H and O–H groups in total. The number of nitrogens with one attached hydrogen (secondary N) is 1. The zero-order valence-electron chi connectivity index (χ0n) is 15.6. The summed E-state index contributed by atoms with van der Waals surface area (Å²) < 4.78 is 0. The number of likely N-dealkylation sites (tertiary alicyclic amines) is 1. The maximum Gasteiger partial charge on any atom is 0.318 e. The number of nitrogens with zero attached hydrogens (tertiary/aromatic N) is 2. The predicted octanol–water partition coefficient (Wildman–Crippen LogP) is 3.40. The topological polar surface area (TPSA) is 35.6 Å². The van der Waals surface area contributed by atoms with Gasteiger partial charge in [0.05, 0.1) is 6.04 Å². The van der Waals surface area contributed by atoms with Crippen molar-refractivity contribution < 1.29 is 4.79 Å². The third kappa shape index (κ3) is 4.06.